The number of rotatable bonds is 8. The van der Waals surface area contributed by atoms with Crippen LogP contribution in [0.15, 0.2) is 76.8 Å². The van der Waals surface area contributed by atoms with Crippen LogP contribution in [0.3, 0.4) is 0 Å². The highest BCUT2D eigenvalue weighted by Crippen LogP contribution is 2.67. The van der Waals surface area contributed by atoms with Crippen LogP contribution in [-0.4, -0.2) is 34.8 Å². The lowest BCUT2D eigenvalue weighted by atomic mass is 9.51. The number of hydrogen-bond donors (Lipinski definition) is 1. The second-order valence-electron chi connectivity index (χ2n) is 12.0. The Balaban J connectivity index is 1.49. The molecule has 0 radical (unpaired) electrons. The van der Waals surface area contributed by atoms with Crippen LogP contribution < -0.4 is 0 Å². The van der Waals surface area contributed by atoms with E-state index in [1.165, 1.54) is 22.8 Å². The lowest BCUT2D eigenvalue weighted by molar-refractivity contribution is -0.137. The number of ether oxygens (including phenoxy) is 1. The third kappa shape index (κ3) is 5.47. The van der Waals surface area contributed by atoms with Gasteiger partial charge in [-0.25, -0.2) is 4.79 Å². The Morgan fingerprint density at radius 1 is 1.15 bits per heavy atom. The molecule has 5 unspecified atom stereocenters. The molecule has 4 aliphatic carbocycles. The summed E-state index contributed by atoms with van der Waals surface area (Å²) in [5.74, 6) is 1.82. The van der Waals surface area contributed by atoms with Crippen molar-refractivity contribution in [2.45, 2.75) is 77.2 Å². The van der Waals surface area contributed by atoms with Crippen molar-refractivity contribution in [2.24, 2.45) is 17.3 Å². The normalized spacial score (nSPS) is 31.9. The summed E-state index contributed by atoms with van der Waals surface area (Å²) in [6, 6.07) is 8.77. The Bertz CT molecular complexity index is 1280. The fraction of sp³-hybridized carbons (Fsp3) is 0.486. The first-order valence-electron chi connectivity index (χ1n) is 14.8. The van der Waals surface area contributed by atoms with Crippen LogP contribution in [0.2, 0.25) is 0 Å². The molecule has 2 fully saturated rings. The minimum atomic E-state index is -0.692. The van der Waals surface area contributed by atoms with Gasteiger partial charge in [-0.1, -0.05) is 61.1 Å². The molecule has 5 heteroatoms. The van der Waals surface area contributed by atoms with Crippen LogP contribution in [-0.2, 0) is 14.3 Å². The van der Waals surface area contributed by atoms with Crippen molar-refractivity contribution in [1.29, 1.82) is 0 Å². The lowest BCUT2D eigenvalue weighted by Gasteiger charge is -2.55. The number of aliphatic hydroxyl groups is 1. The molecule has 212 valence electrons. The van der Waals surface area contributed by atoms with Gasteiger partial charge < -0.3 is 9.84 Å². The quantitative estimate of drug-likeness (QED) is 0.201. The standard InChI is InChI=1S/C35H42O4S/c1-4-20-40-23-35(38)19-18-31-29-16-14-26-21-27(36)15-17-28(26)33(29)30(22-34(31,35)3)25-12-10-24(11-13-25)8-6-7-9-32(37)39-5-2/h4,6-13,20-21,29-31,38H,5,14-19,22-23H2,1-3H3. The summed E-state index contributed by atoms with van der Waals surface area (Å²) in [4.78, 5) is 23.9. The van der Waals surface area contributed by atoms with Gasteiger partial charge in [-0.05, 0) is 98.0 Å². The van der Waals surface area contributed by atoms with E-state index in [1.54, 1.807) is 30.3 Å². The molecule has 4 nitrogen and oxygen atoms in total. The number of hydrogen-bond acceptors (Lipinski definition) is 5. The maximum atomic E-state index is 12.3. The van der Waals surface area contributed by atoms with Crippen molar-refractivity contribution < 1.29 is 19.4 Å². The largest absolute Gasteiger partial charge is 0.463 e. The first-order valence-corrected chi connectivity index (χ1v) is 15.9. The summed E-state index contributed by atoms with van der Waals surface area (Å²) < 4.78 is 4.93. The number of carbonyl (C=O) groups is 2. The summed E-state index contributed by atoms with van der Waals surface area (Å²) in [5.41, 5.74) is 5.76. The Hall–Kier alpha value is -2.63. The summed E-state index contributed by atoms with van der Waals surface area (Å²) in [6.07, 6.45) is 17.3. The van der Waals surface area contributed by atoms with E-state index in [0.717, 1.165) is 49.8 Å². The predicted octanol–water partition coefficient (Wildman–Crippen LogP) is 7.72. The van der Waals surface area contributed by atoms with Gasteiger partial charge in [-0.15, -0.1) is 11.8 Å². The highest BCUT2D eigenvalue weighted by atomic mass is 32.2. The van der Waals surface area contributed by atoms with Gasteiger partial charge in [-0.2, -0.15) is 0 Å². The molecule has 2 saturated carbocycles. The zero-order valence-electron chi connectivity index (χ0n) is 24.0. The average Bonchev–Trinajstić information content (AvgIpc) is 3.21. The maximum absolute atomic E-state index is 12.3. The Morgan fingerprint density at radius 2 is 1.95 bits per heavy atom. The molecule has 0 aromatic heterocycles. The second kappa shape index (κ2) is 12.1. The lowest BCUT2D eigenvalue weighted by Crippen LogP contribution is -2.52. The highest BCUT2D eigenvalue weighted by Gasteiger charge is 2.62. The molecular formula is C35H42O4S. The molecule has 4 aliphatic rings. The molecule has 0 aliphatic heterocycles. The molecule has 0 heterocycles. The zero-order valence-corrected chi connectivity index (χ0v) is 24.8. The predicted molar refractivity (Wildman–Crippen MR) is 164 cm³/mol. The van der Waals surface area contributed by atoms with Gasteiger partial charge in [0.2, 0.25) is 0 Å². The molecule has 1 N–H and O–H groups in total. The van der Waals surface area contributed by atoms with E-state index in [2.05, 4.69) is 42.7 Å². The summed E-state index contributed by atoms with van der Waals surface area (Å²) >= 11 is 1.73. The number of esters is 1. The van der Waals surface area contributed by atoms with Crippen LogP contribution in [0.1, 0.15) is 82.8 Å². The van der Waals surface area contributed by atoms with E-state index < -0.39 is 5.60 Å². The zero-order chi connectivity index (χ0) is 28.3. The van der Waals surface area contributed by atoms with Crippen LogP contribution >= 0.6 is 11.8 Å². The molecular weight excluding hydrogens is 516 g/mol. The van der Waals surface area contributed by atoms with Crippen LogP contribution in [0.5, 0.6) is 0 Å². The van der Waals surface area contributed by atoms with E-state index in [0.29, 0.717) is 24.9 Å². The van der Waals surface area contributed by atoms with E-state index in [4.69, 9.17) is 4.74 Å². The monoisotopic (exact) mass is 558 g/mol. The van der Waals surface area contributed by atoms with Crippen molar-refractivity contribution in [2.75, 3.05) is 12.4 Å². The fourth-order valence-electron chi connectivity index (χ4n) is 7.90. The van der Waals surface area contributed by atoms with Crippen molar-refractivity contribution in [3.8, 4) is 0 Å². The average molecular weight is 559 g/mol. The molecule has 1 aromatic rings. The number of ketones is 1. The first kappa shape index (κ1) is 28.9. The van der Waals surface area contributed by atoms with Crippen LogP contribution in [0, 0.1) is 17.3 Å². The highest BCUT2D eigenvalue weighted by molar-refractivity contribution is 8.02. The van der Waals surface area contributed by atoms with Crippen molar-refractivity contribution in [3.63, 3.8) is 0 Å². The smallest absolute Gasteiger partial charge is 0.330 e. The molecule has 40 heavy (non-hydrogen) atoms. The van der Waals surface area contributed by atoms with Gasteiger partial charge >= 0.3 is 5.97 Å². The van der Waals surface area contributed by atoms with Crippen LogP contribution in [0.4, 0.5) is 0 Å². The number of carbonyl (C=O) groups excluding carboxylic acids is 2. The first-order chi connectivity index (χ1) is 19.3. The van der Waals surface area contributed by atoms with E-state index in [-0.39, 0.29) is 23.1 Å². The van der Waals surface area contributed by atoms with Crippen LogP contribution in [0.25, 0.3) is 6.08 Å². The van der Waals surface area contributed by atoms with Gasteiger partial charge in [-0.3, -0.25) is 4.79 Å². The minimum absolute atomic E-state index is 0.164. The molecule has 0 amide bonds. The van der Waals surface area contributed by atoms with Crippen molar-refractivity contribution in [3.05, 3.63) is 87.9 Å². The topological polar surface area (TPSA) is 63.6 Å². The number of thioether (sulfide) groups is 1. The third-order valence-electron chi connectivity index (χ3n) is 9.87. The summed E-state index contributed by atoms with van der Waals surface area (Å²) in [6.45, 7) is 6.55. The molecule has 5 atom stereocenters. The Kier molecular flexibility index (Phi) is 8.72. The third-order valence-corrected chi connectivity index (χ3v) is 11.0. The molecule has 0 saturated heterocycles. The number of allylic oxidation sites excluding steroid dienone is 7. The Labute approximate surface area is 243 Å². The number of fused-ring (bicyclic) bond motifs is 4. The molecule has 0 bridgehead atoms. The van der Waals surface area contributed by atoms with Gasteiger partial charge in [0.1, 0.15) is 0 Å². The van der Waals surface area contributed by atoms with Gasteiger partial charge in [0.25, 0.3) is 0 Å². The van der Waals surface area contributed by atoms with Crippen molar-refractivity contribution in [1.82, 2.24) is 0 Å². The number of benzene rings is 1. The molecule has 0 spiro atoms. The summed E-state index contributed by atoms with van der Waals surface area (Å²) in [7, 11) is 0. The maximum Gasteiger partial charge on any atom is 0.330 e. The minimum Gasteiger partial charge on any atom is -0.463 e. The van der Waals surface area contributed by atoms with E-state index in [9.17, 15) is 14.7 Å². The van der Waals surface area contributed by atoms with Gasteiger partial charge in [0.15, 0.2) is 5.78 Å². The summed E-state index contributed by atoms with van der Waals surface area (Å²) in [5, 5.41) is 14.3. The molecule has 1 aromatic carbocycles. The van der Waals surface area contributed by atoms with Crippen molar-refractivity contribution >= 4 is 29.6 Å². The SMILES string of the molecule is CC=CSCC1(O)CCC2C3CCC4=CC(=O)CCC4=C3C(c3ccc(C=CC=CC(=O)OCC)cc3)CC21C. The van der Waals surface area contributed by atoms with Gasteiger partial charge in [0.05, 0.1) is 12.2 Å². The molecule has 5 rings (SSSR count). The fourth-order valence-corrected chi connectivity index (χ4v) is 8.94. The Morgan fingerprint density at radius 3 is 2.70 bits per heavy atom. The van der Waals surface area contributed by atoms with Gasteiger partial charge in [0, 0.05) is 29.6 Å². The second-order valence-corrected chi connectivity index (χ2v) is 12.9. The van der Waals surface area contributed by atoms with E-state index >= 15 is 0 Å². The van der Waals surface area contributed by atoms with E-state index in [1.807, 2.05) is 25.2 Å².